The van der Waals surface area contributed by atoms with Gasteiger partial charge in [0.05, 0.1) is 0 Å². The van der Waals surface area contributed by atoms with Crippen molar-refractivity contribution in [2.45, 2.75) is 38.2 Å². The lowest BCUT2D eigenvalue weighted by Crippen LogP contribution is -2.45. The number of hydrogen-bond donors (Lipinski definition) is 1. The van der Waals surface area contributed by atoms with Gasteiger partial charge in [0.1, 0.15) is 5.60 Å². The van der Waals surface area contributed by atoms with Crippen LogP contribution in [0.15, 0.2) is 0 Å². The minimum absolute atomic E-state index is 0.0663. The van der Waals surface area contributed by atoms with E-state index in [0.717, 1.165) is 19.3 Å². The smallest absolute Gasteiger partial charge is 0.232 e. The van der Waals surface area contributed by atoms with Crippen LogP contribution in [-0.4, -0.2) is 22.2 Å². The van der Waals surface area contributed by atoms with Crippen molar-refractivity contribution in [1.82, 2.24) is 0 Å². The van der Waals surface area contributed by atoms with Gasteiger partial charge in [0.15, 0.2) is 0 Å². The van der Waals surface area contributed by atoms with E-state index in [1.807, 2.05) is 6.92 Å². The Kier molecular flexibility index (Phi) is 2.67. The van der Waals surface area contributed by atoms with Crippen LogP contribution in [0.4, 0.5) is 0 Å². The summed E-state index contributed by atoms with van der Waals surface area (Å²) in [5.74, 6) is 0.0663. The molecule has 1 rings (SSSR count). The highest BCUT2D eigenvalue weighted by atomic mass is 16.6. The zero-order valence-corrected chi connectivity index (χ0v) is 7.32. The zero-order valence-electron chi connectivity index (χ0n) is 7.32. The van der Waals surface area contributed by atoms with E-state index in [1.165, 1.54) is 0 Å². The topological polar surface area (TPSA) is 63.4 Å². The van der Waals surface area contributed by atoms with E-state index in [0.29, 0.717) is 6.42 Å². The van der Waals surface area contributed by atoms with Crippen molar-refractivity contribution < 1.29 is 10.0 Å². The molecule has 0 saturated heterocycles. The van der Waals surface area contributed by atoms with Gasteiger partial charge in [-0.25, -0.2) is 0 Å². The molecule has 0 aromatic carbocycles. The fourth-order valence-electron chi connectivity index (χ4n) is 1.86. The third kappa shape index (κ3) is 1.94. The van der Waals surface area contributed by atoms with Crippen LogP contribution in [0.25, 0.3) is 0 Å². The molecule has 1 aliphatic rings. The van der Waals surface area contributed by atoms with E-state index in [2.05, 4.69) is 0 Å². The van der Waals surface area contributed by atoms with Gasteiger partial charge in [-0.3, -0.25) is 10.1 Å². The summed E-state index contributed by atoms with van der Waals surface area (Å²) in [4.78, 5) is 9.85. The summed E-state index contributed by atoms with van der Waals surface area (Å²) in [6, 6.07) is 0. The highest BCUT2D eigenvalue weighted by molar-refractivity contribution is 4.87. The molecule has 12 heavy (non-hydrogen) atoms. The molecule has 1 saturated carbocycles. The highest BCUT2D eigenvalue weighted by Gasteiger charge is 2.40. The molecule has 0 bridgehead atoms. The van der Waals surface area contributed by atoms with Crippen molar-refractivity contribution in [1.29, 1.82) is 0 Å². The second-order valence-electron chi connectivity index (χ2n) is 3.74. The average Bonchev–Trinajstić information content (AvgIpc) is 1.94. The van der Waals surface area contributed by atoms with Crippen molar-refractivity contribution in [3.63, 3.8) is 0 Å². The number of rotatable bonds is 2. The van der Waals surface area contributed by atoms with Crippen LogP contribution in [0.3, 0.4) is 0 Å². The van der Waals surface area contributed by atoms with Gasteiger partial charge >= 0.3 is 0 Å². The molecule has 1 aliphatic carbocycles. The number of nitro groups is 1. The normalized spacial score (nSPS) is 36.3. The molecule has 0 aliphatic heterocycles. The molecular weight excluding hydrogens is 158 g/mol. The Morgan fingerprint density at radius 1 is 1.67 bits per heavy atom. The lowest BCUT2D eigenvalue weighted by atomic mass is 9.76. The molecule has 1 fully saturated rings. The summed E-state index contributed by atoms with van der Waals surface area (Å²) in [5, 5.41) is 20.1. The monoisotopic (exact) mass is 173 g/mol. The first-order chi connectivity index (χ1) is 5.54. The van der Waals surface area contributed by atoms with Crippen LogP contribution in [0.5, 0.6) is 0 Å². The molecule has 0 aromatic heterocycles. The van der Waals surface area contributed by atoms with Gasteiger partial charge in [-0.1, -0.05) is 19.8 Å². The van der Waals surface area contributed by atoms with Crippen LogP contribution >= 0.6 is 0 Å². The Labute approximate surface area is 71.7 Å². The van der Waals surface area contributed by atoms with Crippen molar-refractivity contribution in [2.75, 3.05) is 6.54 Å². The quantitative estimate of drug-likeness (QED) is 0.504. The van der Waals surface area contributed by atoms with Gasteiger partial charge in [0.25, 0.3) is 0 Å². The Morgan fingerprint density at radius 2 is 2.33 bits per heavy atom. The predicted octanol–water partition coefficient (Wildman–Crippen LogP) is 1.20. The summed E-state index contributed by atoms with van der Waals surface area (Å²) >= 11 is 0. The van der Waals surface area contributed by atoms with Crippen LogP contribution in [0.1, 0.15) is 32.6 Å². The second kappa shape index (κ2) is 3.39. The van der Waals surface area contributed by atoms with E-state index in [9.17, 15) is 15.2 Å². The van der Waals surface area contributed by atoms with Crippen LogP contribution in [0, 0.1) is 16.0 Å². The molecule has 0 heterocycles. The van der Waals surface area contributed by atoms with E-state index in [4.69, 9.17) is 0 Å². The van der Waals surface area contributed by atoms with Crippen molar-refractivity contribution in [3.8, 4) is 0 Å². The Morgan fingerprint density at radius 3 is 2.83 bits per heavy atom. The van der Waals surface area contributed by atoms with Gasteiger partial charge < -0.3 is 5.11 Å². The minimum Gasteiger partial charge on any atom is -0.383 e. The summed E-state index contributed by atoms with van der Waals surface area (Å²) < 4.78 is 0. The summed E-state index contributed by atoms with van der Waals surface area (Å²) in [7, 11) is 0. The van der Waals surface area contributed by atoms with E-state index < -0.39 is 10.5 Å². The standard InChI is InChI=1S/C8H15NO3/c1-7-4-2-3-5-8(7,10)6-9(11)12/h7,10H,2-6H2,1H3. The molecule has 0 radical (unpaired) electrons. The van der Waals surface area contributed by atoms with Crippen LogP contribution in [-0.2, 0) is 0 Å². The second-order valence-corrected chi connectivity index (χ2v) is 3.74. The van der Waals surface area contributed by atoms with E-state index >= 15 is 0 Å². The lowest BCUT2D eigenvalue weighted by Gasteiger charge is -2.34. The van der Waals surface area contributed by atoms with Crippen molar-refractivity contribution in [2.24, 2.45) is 5.92 Å². The fourth-order valence-corrected chi connectivity index (χ4v) is 1.86. The average molecular weight is 173 g/mol. The molecule has 70 valence electrons. The van der Waals surface area contributed by atoms with Crippen molar-refractivity contribution >= 4 is 0 Å². The number of aliphatic hydroxyl groups is 1. The van der Waals surface area contributed by atoms with Crippen LogP contribution < -0.4 is 0 Å². The molecule has 4 nitrogen and oxygen atoms in total. The third-order valence-corrected chi connectivity index (χ3v) is 2.82. The first kappa shape index (κ1) is 9.45. The first-order valence-corrected chi connectivity index (χ1v) is 4.39. The molecular formula is C8H15NO3. The molecule has 0 aromatic rings. The van der Waals surface area contributed by atoms with Crippen LogP contribution in [0.2, 0.25) is 0 Å². The first-order valence-electron chi connectivity index (χ1n) is 4.39. The zero-order chi connectivity index (χ0) is 9.19. The molecule has 0 spiro atoms. The maximum atomic E-state index is 10.3. The summed E-state index contributed by atoms with van der Waals surface area (Å²) in [5.41, 5.74) is -1.04. The molecule has 1 N–H and O–H groups in total. The third-order valence-electron chi connectivity index (χ3n) is 2.82. The van der Waals surface area contributed by atoms with Gasteiger partial charge in [-0.2, -0.15) is 0 Å². The summed E-state index contributed by atoms with van der Waals surface area (Å²) in [6.07, 6.45) is 3.48. The minimum atomic E-state index is -1.04. The maximum absolute atomic E-state index is 10.3. The predicted molar refractivity (Wildman–Crippen MR) is 44.4 cm³/mol. The molecule has 2 unspecified atom stereocenters. The molecule has 2 atom stereocenters. The molecule has 0 amide bonds. The SMILES string of the molecule is CC1CCCCC1(O)C[N+](=O)[O-]. The Hall–Kier alpha value is -0.640. The number of nitrogens with zero attached hydrogens (tertiary/aromatic N) is 1. The maximum Gasteiger partial charge on any atom is 0.232 e. The van der Waals surface area contributed by atoms with Gasteiger partial charge in [-0.15, -0.1) is 0 Å². The van der Waals surface area contributed by atoms with Crippen molar-refractivity contribution in [3.05, 3.63) is 10.1 Å². The largest absolute Gasteiger partial charge is 0.383 e. The molecule has 4 heteroatoms. The Balaban J connectivity index is 2.59. The fraction of sp³-hybridized carbons (Fsp3) is 1.00. The van der Waals surface area contributed by atoms with E-state index in [1.54, 1.807) is 0 Å². The summed E-state index contributed by atoms with van der Waals surface area (Å²) in [6.45, 7) is 1.59. The van der Waals surface area contributed by atoms with Gasteiger partial charge in [0.2, 0.25) is 6.54 Å². The highest BCUT2D eigenvalue weighted by Crippen LogP contribution is 2.33. The van der Waals surface area contributed by atoms with E-state index in [-0.39, 0.29) is 12.5 Å². The number of hydrogen-bond acceptors (Lipinski definition) is 3. The lowest BCUT2D eigenvalue weighted by molar-refractivity contribution is -0.504. The van der Waals surface area contributed by atoms with Gasteiger partial charge in [-0.05, 0) is 18.8 Å². The van der Waals surface area contributed by atoms with Gasteiger partial charge in [0, 0.05) is 4.92 Å². The Bertz CT molecular complexity index is 183.